The van der Waals surface area contributed by atoms with E-state index in [9.17, 15) is 14.7 Å². The van der Waals surface area contributed by atoms with Gasteiger partial charge in [-0.2, -0.15) is 0 Å². The predicted molar refractivity (Wildman–Crippen MR) is 105 cm³/mol. The van der Waals surface area contributed by atoms with Crippen molar-refractivity contribution in [1.29, 1.82) is 0 Å². The van der Waals surface area contributed by atoms with Crippen LogP contribution in [0.2, 0.25) is 0 Å². The van der Waals surface area contributed by atoms with Gasteiger partial charge in [0.1, 0.15) is 0 Å². The highest BCUT2D eigenvalue weighted by Crippen LogP contribution is 2.43. The highest BCUT2D eigenvalue weighted by atomic mass is 16.5. The predicted octanol–water partition coefficient (Wildman–Crippen LogP) is 4.53. The van der Waals surface area contributed by atoms with Crippen molar-refractivity contribution in [3.63, 3.8) is 0 Å². The van der Waals surface area contributed by atoms with Gasteiger partial charge < -0.3 is 9.84 Å². The molecule has 1 aliphatic carbocycles. The van der Waals surface area contributed by atoms with E-state index >= 15 is 0 Å². The Morgan fingerprint density at radius 2 is 1.77 bits per heavy atom. The Balaban J connectivity index is 2.16. The molecule has 0 spiro atoms. The van der Waals surface area contributed by atoms with Gasteiger partial charge in [-0.05, 0) is 57.4 Å². The zero-order chi connectivity index (χ0) is 19.2. The quantitative estimate of drug-likeness (QED) is 0.213. The fourth-order valence-electron chi connectivity index (χ4n) is 2.90. The van der Waals surface area contributed by atoms with Gasteiger partial charge in [-0.25, -0.2) is 4.79 Å². The lowest BCUT2D eigenvalue weighted by Gasteiger charge is -2.05. The maximum Gasteiger partial charge on any atom is 0.330 e. The molecule has 0 bridgehead atoms. The third-order valence-corrected chi connectivity index (χ3v) is 4.54. The van der Waals surface area contributed by atoms with Crippen molar-refractivity contribution in [3.8, 4) is 0 Å². The zero-order valence-electron chi connectivity index (χ0n) is 16.2. The van der Waals surface area contributed by atoms with Gasteiger partial charge in [-0.1, -0.05) is 44.1 Å². The molecule has 0 aromatic carbocycles. The second-order valence-corrected chi connectivity index (χ2v) is 6.81. The Kier molecular flexibility index (Phi) is 11.6. The van der Waals surface area contributed by atoms with Crippen LogP contribution in [0.1, 0.15) is 65.2 Å². The molecule has 26 heavy (non-hydrogen) atoms. The number of esters is 1. The van der Waals surface area contributed by atoms with Crippen LogP contribution >= 0.6 is 0 Å². The van der Waals surface area contributed by atoms with Gasteiger partial charge in [0.2, 0.25) is 0 Å². The summed E-state index contributed by atoms with van der Waals surface area (Å²) in [4.78, 5) is 23.3. The highest BCUT2D eigenvalue weighted by Gasteiger charge is 2.45. The minimum atomic E-state index is -0.575. The third-order valence-electron chi connectivity index (χ3n) is 4.54. The van der Waals surface area contributed by atoms with Gasteiger partial charge in [0.25, 0.3) is 0 Å². The van der Waals surface area contributed by atoms with Crippen molar-refractivity contribution in [2.75, 3.05) is 6.61 Å². The summed E-state index contributed by atoms with van der Waals surface area (Å²) in [5, 5.41) is 10.1. The number of ether oxygens (including phenoxy) is 1. The van der Waals surface area contributed by atoms with Gasteiger partial charge in [-0.15, -0.1) is 0 Å². The number of hydrogen-bond acceptors (Lipinski definition) is 4. The molecule has 0 saturated heterocycles. The molecule has 4 nitrogen and oxygen atoms in total. The lowest BCUT2D eigenvalue weighted by molar-refractivity contribution is -0.137. The Morgan fingerprint density at radius 3 is 2.50 bits per heavy atom. The van der Waals surface area contributed by atoms with Crippen molar-refractivity contribution in [2.45, 2.75) is 71.3 Å². The molecule has 0 aliphatic heterocycles. The fraction of sp³-hybridized carbons (Fsp3) is 0.636. The average molecular weight is 363 g/mol. The van der Waals surface area contributed by atoms with Gasteiger partial charge in [0.15, 0.2) is 5.78 Å². The van der Waals surface area contributed by atoms with E-state index in [-0.39, 0.29) is 17.6 Å². The molecule has 1 rings (SSSR count). The number of carbonyl (C=O) groups excluding carboxylic acids is 2. The topological polar surface area (TPSA) is 63.6 Å². The summed E-state index contributed by atoms with van der Waals surface area (Å²) < 4.78 is 4.78. The van der Waals surface area contributed by atoms with Gasteiger partial charge in [0, 0.05) is 12.0 Å². The summed E-state index contributed by atoms with van der Waals surface area (Å²) in [5.74, 6) is -0.347. The molecule has 4 heteroatoms. The summed E-state index contributed by atoms with van der Waals surface area (Å²) in [6.45, 7) is 4.29. The van der Waals surface area contributed by atoms with Crippen LogP contribution in [0.15, 0.2) is 36.5 Å². The molecule has 1 saturated carbocycles. The summed E-state index contributed by atoms with van der Waals surface area (Å²) in [7, 11) is 0. The molecule has 0 heterocycles. The van der Waals surface area contributed by atoms with E-state index in [2.05, 4.69) is 19.1 Å². The zero-order valence-corrected chi connectivity index (χ0v) is 16.2. The first kappa shape index (κ1) is 22.4. The monoisotopic (exact) mass is 362 g/mol. The van der Waals surface area contributed by atoms with Crippen molar-refractivity contribution < 1.29 is 19.4 Å². The molecule has 3 atom stereocenters. The number of hydrogen-bond donors (Lipinski definition) is 1. The minimum absolute atomic E-state index is 0.0115. The first-order valence-electron chi connectivity index (χ1n) is 9.96. The van der Waals surface area contributed by atoms with E-state index in [1.807, 2.05) is 6.08 Å². The van der Waals surface area contributed by atoms with Crippen LogP contribution < -0.4 is 0 Å². The molecule has 0 amide bonds. The van der Waals surface area contributed by atoms with E-state index < -0.39 is 12.1 Å². The van der Waals surface area contributed by atoms with Crippen LogP contribution in [-0.2, 0) is 14.3 Å². The summed E-state index contributed by atoms with van der Waals surface area (Å²) in [5.41, 5.74) is 0. The summed E-state index contributed by atoms with van der Waals surface area (Å²) in [6.07, 6.45) is 18.2. The van der Waals surface area contributed by atoms with Crippen LogP contribution in [0, 0.1) is 11.8 Å². The number of unbranched alkanes of at least 4 members (excludes halogenated alkanes) is 4. The number of carbonyl (C=O) groups is 2. The number of ketones is 1. The molecule has 0 aromatic heterocycles. The second-order valence-electron chi connectivity index (χ2n) is 6.81. The molecule has 1 aliphatic rings. The molecular formula is C22H34O4. The van der Waals surface area contributed by atoms with Crippen molar-refractivity contribution in [2.24, 2.45) is 11.8 Å². The third kappa shape index (κ3) is 9.71. The summed E-state index contributed by atoms with van der Waals surface area (Å²) in [6, 6.07) is 0. The lowest BCUT2D eigenvalue weighted by atomic mass is 10.1. The largest absolute Gasteiger partial charge is 0.463 e. The lowest BCUT2D eigenvalue weighted by Crippen LogP contribution is -2.12. The molecule has 1 N–H and O–H groups in total. The van der Waals surface area contributed by atoms with Crippen molar-refractivity contribution in [3.05, 3.63) is 36.5 Å². The van der Waals surface area contributed by atoms with Crippen molar-refractivity contribution >= 4 is 11.8 Å². The summed E-state index contributed by atoms with van der Waals surface area (Å²) >= 11 is 0. The molecule has 146 valence electrons. The number of allylic oxidation sites excluding steroid dienone is 4. The van der Waals surface area contributed by atoms with Crippen molar-refractivity contribution in [1.82, 2.24) is 0 Å². The molecule has 3 unspecified atom stereocenters. The van der Waals surface area contributed by atoms with E-state index in [1.54, 1.807) is 19.1 Å². The Hall–Kier alpha value is -1.68. The van der Waals surface area contributed by atoms with E-state index in [1.165, 1.54) is 25.3 Å². The van der Waals surface area contributed by atoms with E-state index in [0.717, 1.165) is 25.7 Å². The maximum atomic E-state index is 12.1. The molecule has 1 fully saturated rings. The fourth-order valence-corrected chi connectivity index (χ4v) is 2.90. The molecule has 0 radical (unpaired) electrons. The maximum absolute atomic E-state index is 12.1. The number of aliphatic hydroxyl groups excluding tert-OH is 1. The van der Waals surface area contributed by atoms with E-state index in [4.69, 9.17) is 4.74 Å². The number of aliphatic hydroxyl groups is 1. The first-order valence-corrected chi connectivity index (χ1v) is 9.96. The molecular weight excluding hydrogens is 328 g/mol. The van der Waals surface area contributed by atoms with Gasteiger partial charge >= 0.3 is 5.97 Å². The SMILES string of the molecule is CCCCC/C=C\CC/C=C/C(=O)C1CC1C(O)C/C=C/C(=O)OCC. The van der Waals surface area contributed by atoms with Gasteiger partial charge in [-0.3, -0.25) is 4.79 Å². The first-order chi connectivity index (χ1) is 12.6. The van der Waals surface area contributed by atoms with Crippen LogP contribution in [0.25, 0.3) is 0 Å². The molecule has 0 aromatic rings. The average Bonchev–Trinajstić information content (AvgIpc) is 3.41. The van der Waals surface area contributed by atoms with Gasteiger partial charge in [0.05, 0.1) is 12.7 Å². The number of rotatable bonds is 14. The highest BCUT2D eigenvalue weighted by molar-refractivity contribution is 5.93. The van der Waals surface area contributed by atoms with Crippen LogP contribution in [0.5, 0.6) is 0 Å². The van der Waals surface area contributed by atoms with Crippen LogP contribution in [-0.4, -0.2) is 29.6 Å². The normalized spacial score (nSPS) is 20.9. The van der Waals surface area contributed by atoms with Crippen LogP contribution in [0.4, 0.5) is 0 Å². The Morgan fingerprint density at radius 1 is 1.04 bits per heavy atom. The standard InChI is InChI=1S/C22H34O4/c1-3-5-6-7-8-9-10-11-12-14-20(23)18-17-19(18)21(24)15-13-16-22(25)26-4-2/h8-9,12-14,16,18-19,21,24H,3-7,10-11,15,17H2,1-2H3/b9-8-,14-12+,16-13+. The second kappa shape index (κ2) is 13.5. The Labute approximate surface area is 158 Å². The minimum Gasteiger partial charge on any atom is -0.463 e. The van der Waals surface area contributed by atoms with E-state index in [0.29, 0.717) is 13.0 Å². The van der Waals surface area contributed by atoms with Crippen LogP contribution in [0.3, 0.4) is 0 Å². The Bertz CT molecular complexity index is 504. The smallest absolute Gasteiger partial charge is 0.330 e.